The molecule has 0 spiro atoms. The van der Waals surface area contributed by atoms with Crippen LogP contribution in [-0.2, 0) is 22.8 Å². The summed E-state index contributed by atoms with van der Waals surface area (Å²) in [6.07, 6.45) is 1.11. The van der Waals surface area contributed by atoms with Crippen molar-refractivity contribution in [2.75, 3.05) is 12.5 Å². The molecular formula is C16H19ClN2O4. The number of H-pyrrole nitrogens is 1. The zero-order chi connectivity index (χ0) is 16.7. The Labute approximate surface area is 138 Å². The van der Waals surface area contributed by atoms with Gasteiger partial charge in [0.05, 0.1) is 25.2 Å². The summed E-state index contributed by atoms with van der Waals surface area (Å²) in [4.78, 5) is 25.2. The second-order valence-electron chi connectivity index (χ2n) is 5.11. The van der Waals surface area contributed by atoms with Crippen molar-refractivity contribution in [3.8, 4) is 0 Å². The van der Waals surface area contributed by atoms with Gasteiger partial charge in [0.25, 0.3) is 5.56 Å². The second kappa shape index (κ2) is 8.67. The molecule has 2 aromatic rings. The van der Waals surface area contributed by atoms with Gasteiger partial charge in [-0.15, -0.1) is 11.6 Å². The molecule has 0 aliphatic rings. The Kier molecular flexibility index (Phi) is 6.58. The molecule has 7 heteroatoms. The Morgan fingerprint density at radius 1 is 1.26 bits per heavy atom. The van der Waals surface area contributed by atoms with E-state index in [1.807, 2.05) is 30.3 Å². The molecule has 0 aliphatic heterocycles. The van der Waals surface area contributed by atoms with Gasteiger partial charge in [-0.3, -0.25) is 14.3 Å². The standard InChI is InChI=1S/C16H19ClN2O4/c1-12-8-19(16(21)18-15(12)20)11-23-14(7-17)10-22-9-13-5-3-2-4-6-13/h2-6,8,14H,7,9-11H2,1H3,(H,18,20,21)/t14-/m1/s1. The van der Waals surface area contributed by atoms with Crippen LogP contribution in [0.5, 0.6) is 0 Å². The number of hydrogen-bond acceptors (Lipinski definition) is 4. The lowest BCUT2D eigenvalue weighted by Gasteiger charge is -2.16. The van der Waals surface area contributed by atoms with E-state index < -0.39 is 11.2 Å². The minimum Gasteiger partial charge on any atom is -0.374 e. The summed E-state index contributed by atoms with van der Waals surface area (Å²) < 4.78 is 12.4. The monoisotopic (exact) mass is 338 g/mol. The maximum Gasteiger partial charge on any atom is 0.330 e. The summed E-state index contributed by atoms with van der Waals surface area (Å²) in [5.41, 5.74) is 0.592. The Bertz CT molecular complexity index is 727. The van der Waals surface area contributed by atoms with Gasteiger partial charge in [0.1, 0.15) is 6.73 Å². The van der Waals surface area contributed by atoms with E-state index in [0.29, 0.717) is 18.8 Å². The van der Waals surface area contributed by atoms with Crippen LogP contribution >= 0.6 is 11.6 Å². The first-order valence-electron chi connectivity index (χ1n) is 7.19. The van der Waals surface area contributed by atoms with Crippen LogP contribution in [0.25, 0.3) is 0 Å². The highest BCUT2D eigenvalue weighted by Crippen LogP contribution is 2.04. The number of halogens is 1. The van der Waals surface area contributed by atoms with Crippen LogP contribution in [0.2, 0.25) is 0 Å². The molecule has 0 amide bonds. The Morgan fingerprint density at radius 2 is 2.00 bits per heavy atom. The minimum absolute atomic E-state index is 0.00252. The molecule has 0 aliphatic carbocycles. The van der Waals surface area contributed by atoms with Gasteiger partial charge in [0, 0.05) is 11.8 Å². The van der Waals surface area contributed by atoms with Gasteiger partial charge in [0.15, 0.2) is 0 Å². The van der Waals surface area contributed by atoms with E-state index in [9.17, 15) is 9.59 Å². The van der Waals surface area contributed by atoms with Gasteiger partial charge >= 0.3 is 5.69 Å². The number of hydrogen-bond donors (Lipinski definition) is 1. The normalized spacial score (nSPS) is 12.3. The summed E-state index contributed by atoms with van der Waals surface area (Å²) in [5, 5.41) is 0. The average Bonchev–Trinajstić information content (AvgIpc) is 2.56. The number of nitrogens with zero attached hydrogens (tertiary/aromatic N) is 1. The molecule has 124 valence electrons. The molecular weight excluding hydrogens is 320 g/mol. The van der Waals surface area contributed by atoms with Gasteiger partial charge in [-0.1, -0.05) is 30.3 Å². The molecule has 6 nitrogen and oxygen atoms in total. The highest BCUT2D eigenvalue weighted by molar-refractivity contribution is 6.18. The topological polar surface area (TPSA) is 73.3 Å². The third-order valence-electron chi connectivity index (χ3n) is 3.23. The van der Waals surface area contributed by atoms with Gasteiger partial charge in [-0.25, -0.2) is 4.79 Å². The molecule has 1 heterocycles. The Morgan fingerprint density at radius 3 is 2.70 bits per heavy atom. The van der Waals surface area contributed by atoms with Crippen molar-refractivity contribution in [1.82, 2.24) is 9.55 Å². The Balaban J connectivity index is 1.84. The quantitative estimate of drug-likeness (QED) is 0.743. The largest absolute Gasteiger partial charge is 0.374 e. The van der Waals surface area contributed by atoms with Crippen molar-refractivity contribution in [1.29, 1.82) is 0 Å². The SMILES string of the molecule is Cc1cn(CO[C@H](CCl)COCc2ccccc2)c(=O)[nH]c1=O. The first kappa shape index (κ1) is 17.5. The van der Waals surface area contributed by atoms with E-state index in [1.54, 1.807) is 6.92 Å². The lowest BCUT2D eigenvalue weighted by atomic mass is 10.2. The molecule has 23 heavy (non-hydrogen) atoms. The molecule has 1 aromatic heterocycles. The number of ether oxygens (including phenoxy) is 2. The van der Waals surface area contributed by atoms with Crippen LogP contribution in [-0.4, -0.2) is 28.1 Å². The fourth-order valence-electron chi connectivity index (χ4n) is 1.92. The highest BCUT2D eigenvalue weighted by atomic mass is 35.5. The second-order valence-corrected chi connectivity index (χ2v) is 5.42. The molecule has 0 bridgehead atoms. The number of alkyl halides is 1. The van der Waals surface area contributed by atoms with Crippen LogP contribution < -0.4 is 11.2 Å². The lowest BCUT2D eigenvalue weighted by molar-refractivity contribution is -0.0390. The maximum absolute atomic E-state index is 11.7. The Hall–Kier alpha value is -1.89. The van der Waals surface area contributed by atoms with Crippen molar-refractivity contribution in [2.24, 2.45) is 0 Å². The highest BCUT2D eigenvalue weighted by Gasteiger charge is 2.10. The van der Waals surface area contributed by atoms with Crippen LogP contribution in [0, 0.1) is 6.92 Å². The van der Waals surface area contributed by atoms with Gasteiger partial charge in [0.2, 0.25) is 0 Å². The zero-order valence-corrected chi connectivity index (χ0v) is 13.6. The smallest absolute Gasteiger partial charge is 0.330 e. The maximum atomic E-state index is 11.7. The van der Waals surface area contributed by atoms with Crippen molar-refractivity contribution in [2.45, 2.75) is 26.4 Å². The van der Waals surface area contributed by atoms with Crippen molar-refractivity contribution >= 4 is 11.6 Å². The first-order valence-corrected chi connectivity index (χ1v) is 7.73. The molecule has 0 saturated carbocycles. The van der Waals surface area contributed by atoms with E-state index >= 15 is 0 Å². The van der Waals surface area contributed by atoms with Crippen LogP contribution in [0.4, 0.5) is 0 Å². The fraction of sp³-hybridized carbons (Fsp3) is 0.375. The number of benzene rings is 1. The van der Waals surface area contributed by atoms with Crippen molar-refractivity contribution < 1.29 is 9.47 Å². The van der Waals surface area contributed by atoms with Crippen molar-refractivity contribution in [3.05, 3.63) is 68.5 Å². The average molecular weight is 339 g/mol. The number of rotatable bonds is 8. The van der Waals surface area contributed by atoms with Crippen LogP contribution in [0.15, 0.2) is 46.1 Å². The fourth-order valence-corrected chi connectivity index (χ4v) is 2.10. The van der Waals surface area contributed by atoms with Crippen LogP contribution in [0.1, 0.15) is 11.1 Å². The van der Waals surface area contributed by atoms with E-state index in [1.165, 1.54) is 10.8 Å². The third-order valence-corrected chi connectivity index (χ3v) is 3.57. The molecule has 0 radical (unpaired) electrons. The molecule has 0 unspecified atom stereocenters. The zero-order valence-electron chi connectivity index (χ0n) is 12.8. The van der Waals surface area contributed by atoms with E-state index in [2.05, 4.69) is 4.98 Å². The predicted octanol–water partition coefficient (Wildman–Crippen LogP) is 1.64. The molecule has 1 N–H and O–H groups in total. The van der Waals surface area contributed by atoms with E-state index in [4.69, 9.17) is 21.1 Å². The number of aromatic nitrogens is 2. The third kappa shape index (κ3) is 5.35. The molecule has 1 atom stereocenters. The summed E-state index contributed by atoms with van der Waals surface area (Å²) in [7, 11) is 0. The summed E-state index contributed by atoms with van der Waals surface area (Å²) in [5.74, 6) is 0.242. The summed E-state index contributed by atoms with van der Waals surface area (Å²) in [6, 6.07) is 9.77. The molecule has 0 saturated heterocycles. The van der Waals surface area contributed by atoms with E-state index in [-0.39, 0.29) is 18.7 Å². The van der Waals surface area contributed by atoms with Gasteiger partial charge in [-0.05, 0) is 12.5 Å². The summed E-state index contributed by atoms with van der Waals surface area (Å²) in [6.45, 7) is 2.41. The lowest BCUT2D eigenvalue weighted by Crippen LogP contribution is -2.33. The number of nitrogens with one attached hydrogen (secondary N) is 1. The first-order chi connectivity index (χ1) is 11.1. The van der Waals surface area contributed by atoms with Crippen molar-refractivity contribution in [3.63, 3.8) is 0 Å². The molecule has 1 aromatic carbocycles. The molecule has 2 rings (SSSR count). The summed E-state index contributed by atoms with van der Waals surface area (Å²) >= 11 is 5.86. The number of aryl methyl sites for hydroxylation is 1. The predicted molar refractivity (Wildman–Crippen MR) is 87.8 cm³/mol. The minimum atomic E-state index is -0.515. The van der Waals surface area contributed by atoms with E-state index in [0.717, 1.165) is 5.56 Å². The van der Waals surface area contributed by atoms with Crippen LogP contribution in [0.3, 0.4) is 0 Å². The molecule has 0 fully saturated rings. The van der Waals surface area contributed by atoms with Gasteiger partial charge in [-0.2, -0.15) is 0 Å². The number of aromatic amines is 1. The van der Waals surface area contributed by atoms with Gasteiger partial charge < -0.3 is 9.47 Å².